The van der Waals surface area contributed by atoms with Crippen LogP contribution in [0.25, 0.3) is 0 Å². The highest BCUT2D eigenvalue weighted by Crippen LogP contribution is 2.39. The average molecular weight is 330 g/mol. The normalized spacial score (nSPS) is 20.0. The minimum Gasteiger partial charge on any atom is -0.331 e. The molecule has 0 unspecified atom stereocenters. The SMILES string of the molecule is C[C@@H]1c2nc(C3CC3)nn2CCN1C(=O)Cc1cc(=O)[nH][nH]c1=O. The number of rotatable bonds is 3. The Bertz CT molecular complexity index is 906. The molecule has 1 fully saturated rings. The lowest BCUT2D eigenvalue weighted by molar-refractivity contribution is -0.133. The summed E-state index contributed by atoms with van der Waals surface area (Å²) in [5.41, 5.74) is -0.716. The van der Waals surface area contributed by atoms with Gasteiger partial charge in [0.15, 0.2) is 5.82 Å². The molecule has 9 nitrogen and oxygen atoms in total. The van der Waals surface area contributed by atoms with E-state index in [9.17, 15) is 14.4 Å². The number of carbonyl (C=O) groups is 1. The van der Waals surface area contributed by atoms with Crippen LogP contribution in [-0.2, 0) is 17.8 Å². The number of aromatic amines is 2. The van der Waals surface area contributed by atoms with Gasteiger partial charge in [0.2, 0.25) is 5.91 Å². The number of carbonyl (C=O) groups excluding carboxylic acids is 1. The molecule has 2 aromatic rings. The van der Waals surface area contributed by atoms with Crippen LogP contribution in [0.1, 0.15) is 48.9 Å². The molecule has 2 aliphatic rings. The van der Waals surface area contributed by atoms with E-state index in [0.717, 1.165) is 24.5 Å². The van der Waals surface area contributed by atoms with Crippen molar-refractivity contribution in [1.82, 2.24) is 29.9 Å². The van der Waals surface area contributed by atoms with E-state index in [1.165, 1.54) is 6.07 Å². The van der Waals surface area contributed by atoms with Crippen molar-refractivity contribution in [2.45, 2.75) is 44.7 Å². The standard InChI is InChI=1S/C15H18N6O3/c1-8-14-16-13(9-2-3-9)19-21(14)5-4-20(8)12(23)7-10-6-11(22)17-18-15(10)24/h6,8-9H,2-5,7H2,1H3,(H,17,22)(H,18,24)/t8-/m1/s1. The summed E-state index contributed by atoms with van der Waals surface area (Å²) in [5.74, 6) is 1.93. The lowest BCUT2D eigenvalue weighted by atomic mass is 10.1. The van der Waals surface area contributed by atoms with Gasteiger partial charge in [0.25, 0.3) is 11.1 Å². The predicted molar refractivity (Wildman–Crippen MR) is 83.5 cm³/mol. The topological polar surface area (TPSA) is 117 Å². The van der Waals surface area contributed by atoms with Crippen molar-refractivity contribution in [3.05, 3.63) is 44.0 Å². The van der Waals surface area contributed by atoms with Crippen LogP contribution in [0.3, 0.4) is 0 Å². The second-order valence-electron chi connectivity index (χ2n) is 6.38. The fraction of sp³-hybridized carbons (Fsp3) is 0.533. The molecule has 0 aromatic carbocycles. The van der Waals surface area contributed by atoms with Crippen LogP contribution in [0, 0.1) is 0 Å². The van der Waals surface area contributed by atoms with Crippen LogP contribution >= 0.6 is 0 Å². The maximum absolute atomic E-state index is 12.6. The van der Waals surface area contributed by atoms with Gasteiger partial charge in [-0.05, 0) is 19.8 Å². The summed E-state index contributed by atoms with van der Waals surface area (Å²) < 4.78 is 1.88. The summed E-state index contributed by atoms with van der Waals surface area (Å²) in [6.07, 6.45) is 2.16. The van der Waals surface area contributed by atoms with Gasteiger partial charge in [-0.3, -0.25) is 24.6 Å². The quantitative estimate of drug-likeness (QED) is 0.800. The number of aromatic nitrogens is 5. The molecule has 0 bridgehead atoms. The molecule has 1 aliphatic carbocycles. The van der Waals surface area contributed by atoms with Crippen molar-refractivity contribution in [2.75, 3.05) is 6.54 Å². The van der Waals surface area contributed by atoms with E-state index in [2.05, 4.69) is 20.3 Å². The molecule has 1 atom stereocenters. The Hall–Kier alpha value is -2.71. The van der Waals surface area contributed by atoms with Gasteiger partial charge < -0.3 is 4.90 Å². The number of nitrogens with zero attached hydrogens (tertiary/aromatic N) is 4. The van der Waals surface area contributed by atoms with Gasteiger partial charge in [-0.2, -0.15) is 5.10 Å². The highest BCUT2D eigenvalue weighted by Gasteiger charge is 2.34. The first kappa shape index (κ1) is 14.9. The van der Waals surface area contributed by atoms with Gasteiger partial charge in [0.05, 0.1) is 19.0 Å². The molecule has 2 N–H and O–H groups in total. The van der Waals surface area contributed by atoms with Crippen molar-refractivity contribution >= 4 is 5.91 Å². The van der Waals surface area contributed by atoms with E-state index in [1.807, 2.05) is 11.6 Å². The van der Waals surface area contributed by atoms with Gasteiger partial charge in [0, 0.05) is 24.1 Å². The number of fused-ring (bicyclic) bond motifs is 1. The van der Waals surface area contributed by atoms with E-state index in [-0.39, 0.29) is 23.9 Å². The van der Waals surface area contributed by atoms with Crippen LogP contribution < -0.4 is 11.1 Å². The highest BCUT2D eigenvalue weighted by molar-refractivity contribution is 5.79. The van der Waals surface area contributed by atoms with Crippen LogP contribution in [-0.4, -0.2) is 42.3 Å². The fourth-order valence-electron chi connectivity index (χ4n) is 3.09. The molecular formula is C15H18N6O3. The summed E-state index contributed by atoms with van der Waals surface area (Å²) in [6, 6.07) is 0.964. The third-order valence-electron chi connectivity index (χ3n) is 4.61. The van der Waals surface area contributed by atoms with E-state index in [4.69, 9.17) is 0 Å². The Labute approximate surface area is 136 Å². The van der Waals surface area contributed by atoms with Gasteiger partial charge in [-0.1, -0.05) is 0 Å². The molecule has 126 valence electrons. The van der Waals surface area contributed by atoms with Crippen LogP contribution in [0.5, 0.6) is 0 Å². The zero-order chi connectivity index (χ0) is 16.8. The molecule has 4 rings (SSSR count). The maximum Gasteiger partial charge on any atom is 0.266 e. The van der Waals surface area contributed by atoms with Crippen LogP contribution in [0.15, 0.2) is 15.7 Å². The smallest absolute Gasteiger partial charge is 0.266 e. The van der Waals surface area contributed by atoms with E-state index >= 15 is 0 Å². The first-order chi connectivity index (χ1) is 11.5. The molecule has 1 amide bonds. The summed E-state index contributed by atoms with van der Waals surface area (Å²) in [7, 11) is 0. The number of nitrogens with one attached hydrogen (secondary N) is 2. The predicted octanol–water partition coefficient (Wildman–Crippen LogP) is -0.322. The minimum atomic E-state index is -0.452. The Morgan fingerprint density at radius 3 is 2.83 bits per heavy atom. The molecular weight excluding hydrogens is 312 g/mol. The Kier molecular flexibility index (Phi) is 3.36. The number of H-pyrrole nitrogens is 2. The van der Waals surface area contributed by atoms with Crippen molar-refractivity contribution in [3.63, 3.8) is 0 Å². The zero-order valence-electron chi connectivity index (χ0n) is 13.3. The highest BCUT2D eigenvalue weighted by atomic mass is 16.2. The summed E-state index contributed by atoms with van der Waals surface area (Å²) in [4.78, 5) is 42.0. The lowest BCUT2D eigenvalue weighted by Gasteiger charge is -2.32. The molecule has 2 aromatic heterocycles. The average Bonchev–Trinajstić information content (AvgIpc) is 3.30. The molecule has 0 radical (unpaired) electrons. The van der Waals surface area contributed by atoms with Crippen LogP contribution in [0.2, 0.25) is 0 Å². The minimum absolute atomic E-state index is 0.104. The zero-order valence-corrected chi connectivity index (χ0v) is 13.3. The molecule has 3 heterocycles. The van der Waals surface area contributed by atoms with Crippen LogP contribution in [0.4, 0.5) is 0 Å². The second-order valence-corrected chi connectivity index (χ2v) is 6.38. The first-order valence-corrected chi connectivity index (χ1v) is 8.08. The number of amides is 1. The van der Waals surface area contributed by atoms with Crippen molar-refractivity contribution in [2.24, 2.45) is 0 Å². The van der Waals surface area contributed by atoms with Gasteiger partial charge >= 0.3 is 0 Å². The number of hydrogen-bond acceptors (Lipinski definition) is 5. The first-order valence-electron chi connectivity index (χ1n) is 8.08. The molecule has 1 aliphatic heterocycles. The Morgan fingerprint density at radius 2 is 2.08 bits per heavy atom. The van der Waals surface area contributed by atoms with Gasteiger partial charge in [0.1, 0.15) is 5.82 Å². The van der Waals surface area contributed by atoms with Gasteiger partial charge in [-0.25, -0.2) is 9.67 Å². The van der Waals surface area contributed by atoms with E-state index in [0.29, 0.717) is 19.0 Å². The summed E-state index contributed by atoms with van der Waals surface area (Å²) in [5, 5.41) is 8.96. The van der Waals surface area contributed by atoms with Crippen molar-refractivity contribution in [1.29, 1.82) is 0 Å². The third kappa shape index (κ3) is 2.55. The monoisotopic (exact) mass is 330 g/mol. The molecule has 24 heavy (non-hydrogen) atoms. The molecule has 0 spiro atoms. The van der Waals surface area contributed by atoms with Crippen molar-refractivity contribution in [3.8, 4) is 0 Å². The van der Waals surface area contributed by atoms with Gasteiger partial charge in [-0.15, -0.1) is 0 Å². The molecule has 9 heteroatoms. The molecule has 1 saturated carbocycles. The van der Waals surface area contributed by atoms with Crippen molar-refractivity contribution < 1.29 is 4.79 Å². The second kappa shape index (κ2) is 5.43. The summed E-state index contributed by atoms with van der Waals surface area (Å²) >= 11 is 0. The number of hydrogen-bond donors (Lipinski definition) is 2. The fourth-order valence-corrected chi connectivity index (χ4v) is 3.09. The Balaban J connectivity index is 1.55. The maximum atomic E-state index is 12.6. The molecule has 0 saturated heterocycles. The third-order valence-corrected chi connectivity index (χ3v) is 4.61. The summed E-state index contributed by atoms with van der Waals surface area (Å²) in [6.45, 7) is 3.02. The van der Waals surface area contributed by atoms with E-state index < -0.39 is 11.1 Å². The lowest BCUT2D eigenvalue weighted by Crippen LogP contribution is -2.43. The van der Waals surface area contributed by atoms with E-state index in [1.54, 1.807) is 4.90 Å². The Morgan fingerprint density at radius 1 is 1.29 bits per heavy atom. The largest absolute Gasteiger partial charge is 0.331 e.